The van der Waals surface area contributed by atoms with Crippen LogP contribution >= 0.6 is 11.3 Å². The van der Waals surface area contributed by atoms with E-state index in [2.05, 4.69) is 27.6 Å². The molecule has 0 bridgehead atoms. The van der Waals surface area contributed by atoms with Gasteiger partial charge in [-0.3, -0.25) is 10.3 Å². The molecule has 1 atom stereocenters. The molecule has 0 aliphatic carbocycles. The minimum Gasteiger partial charge on any atom is -0.380 e. The zero-order valence-electron chi connectivity index (χ0n) is 8.64. The molecule has 2 heterocycles. The van der Waals surface area contributed by atoms with Gasteiger partial charge in [0.05, 0.1) is 13.2 Å². The predicted molar refractivity (Wildman–Crippen MR) is 58.4 cm³/mol. The molecule has 7 heteroatoms. The number of nitrogen functional groups attached to an aromatic ring is 1. The minimum atomic E-state index is 0.503. The number of rotatable bonds is 4. The number of anilines is 1. The molecule has 0 radical (unpaired) electrons. The van der Waals surface area contributed by atoms with Crippen molar-refractivity contribution in [1.29, 1.82) is 0 Å². The van der Waals surface area contributed by atoms with Crippen molar-refractivity contribution in [1.82, 2.24) is 15.1 Å². The van der Waals surface area contributed by atoms with Gasteiger partial charge in [-0.2, -0.15) is 0 Å². The van der Waals surface area contributed by atoms with Crippen LogP contribution in [0.2, 0.25) is 0 Å². The molecule has 1 aromatic heterocycles. The van der Waals surface area contributed by atoms with E-state index in [0.717, 1.165) is 31.2 Å². The smallest absolute Gasteiger partial charge is 0.219 e. The van der Waals surface area contributed by atoms with Gasteiger partial charge in [-0.05, 0) is 13.5 Å². The summed E-state index contributed by atoms with van der Waals surface area (Å²) in [6, 6.07) is 0.503. The molecule has 3 N–H and O–H groups in total. The van der Waals surface area contributed by atoms with Crippen molar-refractivity contribution in [2.45, 2.75) is 19.0 Å². The van der Waals surface area contributed by atoms with Gasteiger partial charge in [0.25, 0.3) is 0 Å². The lowest BCUT2D eigenvalue weighted by molar-refractivity contribution is 0.156. The number of likely N-dealkylation sites (N-methyl/N-ethyl adjacent to an activating group) is 1. The molecule has 1 aliphatic heterocycles. The van der Waals surface area contributed by atoms with Crippen molar-refractivity contribution in [3.63, 3.8) is 0 Å². The van der Waals surface area contributed by atoms with E-state index >= 15 is 0 Å². The number of nitrogens with two attached hydrogens (primary N) is 1. The number of hydrogen-bond donors (Lipinski definition) is 2. The highest BCUT2D eigenvalue weighted by molar-refractivity contribution is 7.15. The van der Waals surface area contributed by atoms with Gasteiger partial charge < -0.3 is 4.74 Å². The largest absolute Gasteiger partial charge is 0.380 e. The molecule has 1 unspecified atom stereocenters. The summed E-state index contributed by atoms with van der Waals surface area (Å²) in [5.74, 6) is 5.24. The van der Waals surface area contributed by atoms with Crippen LogP contribution in [0.5, 0.6) is 0 Å². The van der Waals surface area contributed by atoms with E-state index in [1.54, 1.807) is 0 Å². The van der Waals surface area contributed by atoms with E-state index < -0.39 is 0 Å². The molecule has 6 nitrogen and oxygen atoms in total. The lowest BCUT2D eigenvalue weighted by Gasteiger charge is -2.20. The molecule has 1 aliphatic rings. The van der Waals surface area contributed by atoms with Crippen molar-refractivity contribution in [3.05, 3.63) is 5.01 Å². The molecule has 0 amide bonds. The van der Waals surface area contributed by atoms with Gasteiger partial charge in [-0.25, -0.2) is 5.84 Å². The number of nitrogens with one attached hydrogen (secondary N) is 1. The minimum absolute atomic E-state index is 0.503. The van der Waals surface area contributed by atoms with Crippen LogP contribution < -0.4 is 11.3 Å². The summed E-state index contributed by atoms with van der Waals surface area (Å²) in [5.41, 5.74) is 2.49. The van der Waals surface area contributed by atoms with Crippen molar-refractivity contribution in [2.24, 2.45) is 5.84 Å². The Kier molecular flexibility index (Phi) is 3.47. The maximum Gasteiger partial charge on any atom is 0.219 e. The van der Waals surface area contributed by atoms with Crippen molar-refractivity contribution in [3.8, 4) is 0 Å². The Bertz CT molecular complexity index is 312. The highest BCUT2D eigenvalue weighted by Crippen LogP contribution is 2.18. The second kappa shape index (κ2) is 4.84. The van der Waals surface area contributed by atoms with Crippen LogP contribution in [0.3, 0.4) is 0 Å². The first-order valence-electron chi connectivity index (χ1n) is 4.86. The lowest BCUT2D eigenvalue weighted by atomic mass is 10.2. The van der Waals surface area contributed by atoms with E-state index in [4.69, 9.17) is 10.6 Å². The van der Waals surface area contributed by atoms with Crippen molar-refractivity contribution >= 4 is 16.5 Å². The van der Waals surface area contributed by atoms with E-state index in [-0.39, 0.29) is 0 Å². The Labute approximate surface area is 92.4 Å². The molecular weight excluding hydrogens is 214 g/mol. The highest BCUT2D eigenvalue weighted by atomic mass is 32.1. The average molecular weight is 229 g/mol. The first kappa shape index (κ1) is 10.7. The third kappa shape index (κ3) is 2.63. The number of aromatic nitrogens is 2. The second-order valence-electron chi connectivity index (χ2n) is 3.58. The Morgan fingerprint density at radius 3 is 3.13 bits per heavy atom. The summed E-state index contributed by atoms with van der Waals surface area (Å²) in [6.45, 7) is 2.48. The first-order chi connectivity index (χ1) is 7.29. The van der Waals surface area contributed by atoms with E-state index in [9.17, 15) is 0 Å². The molecule has 2 rings (SSSR count). The van der Waals surface area contributed by atoms with E-state index in [0.29, 0.717) is 11.2 Å². The quantitative estimate of drug-likeness (QED) is 0.561. The maximum atomic E-state index is 5.34. The number of nitrogens with zero attached hydrogens (tertiary/aromatic N) is 3. The normalized spacial score (nSPS) is 21.1. The average Bonchev–Trinajstić information content (AvgIpc) is 2.87. The zero-order valence-corrected chi connectivity index (χ0v) is 9.46. The van der Waals surface area contributed by atoms with Gasteiger partial charge in [0.2, 0.25) is 5.13 Å². The maximum absolute atomic E-state index is 5.34. The van der Waals surface area contributed by atoms with Gasteiger partial charge in [-0.1, -0.05) is 11.3 Å². The highest BCUT2D eigenvalue weighted by Gasteiger charge is 2.21. The fourth-order valence-corrected chi connectivity index (χ4v) is 2.30. The van der Waals surface area contributed by atoms with Crippen molar-refractivity contribution in [2.75, 3.05) is 25.7 Å². The van der Waals surface area contributed by atoms with Crippen molar-refractivity contribution < 1.29 is 4.74 Å². The monoisotopic (exact) mass is 229 g/mol. The summed E-state index contributed by atoms with van der Waals surface area (Å²) in [5, 5.41) is 9.55. The van der Waals surface area contributed by atoms with E-state index in [1.807, 2.05) is 0 Å². The summed E-state index contributed by atoms with van der Waals surface area (Å²) in [6.07, 6.45) is 1.09. The number of hydrogen-bond acceptors (Lipinski definition) is 7. The molecule has 0 spiro atoms. The van der Waals surface area contributed by atoms with Crippen LogP contribution in [0.4, 0.5) is 5.13 Å². The summed E-state index contributed by atoms with van der Waals surface area (Å²) in [4.78, 5) is 2.24. The van der Waals surface area contributed by atoms with Gasteiger partial charge >= 0.3 is 0 Å². The zero-order chi connectivity index (χ0) is 10.7. The standard InChI is InChI=1S/C8H15N5OS/c1-13(6-2-3-14-5-6)4-7-11-12-8(10-9)15-7/h6H,2-5,9H2,1H3,(H,10,12). The molecule has 0 saturated carbocycles. The second-order valence-corrected chi connectivity index (χ2v) is 4.64. The molecular formula is C8H15N5OS. The SMILES string of the molecule is CN(Cc1nnc(NN)s1)C1CCOC1. The predicted octanol–water partition coefficient (Wildman–Crippen LogP) is 0.0444. The molecule has 1 fully saturated rings. The third-order valence-electron chi connectivity index (χ3n) is 2.50. The first-order valence-corrected chi connectivity index (χ1v) is 5.68. The fourth-order valence-electron chi connectivity index (χ4n) is 1.59. The van der Waals surface area contributed by atoms with Gasteiger partial charge in [-0.15, -0.1) is 10.2 Å². The summed E-state index contributed by atoms with van der Waals surface area (Å²) < 4.78 is 5.34. The third-order valence-corrected chi connectivity index (χ3v) is 3.34. The molecule has 15 heavy (non-hydrogen) atoms. The fraction of sp³-hybridized carbons (Fsp3) is 0.750. The molecule has 0 aromatic carbocycles. The van der Waals surface area contributed by atoms with Crippen LogP contribution in [0.15, 0.2) is 0 Å². The van der Waals surface area contributed by atoms with Crippen LogP contribution in [0.25, 0.3) is 0 Å². The number of ether oxygens (including phenoxy) is 1. The topological polar surface area (TPSA) is 76.3 Å². The summed E-state index contributed by atoms with van der Waals surface area (Å²) in [7, 11) is 2.08. The Morgan fingerprint density at radius 2 is 2.53 bits per heavy atom. The molecule has 84 valence electrons. The Morgan fingerprint density at radius 1 is 1.67 bits per heavy atom. The van der Waals surface area contributed by atoms with Crippen LogP contribution in [0.1, 0.15) is 11.4 Å². The molecule has 1 saturated heterocycles. The van der Waals surface area contributed by atoms with Crippen LogP contribution in [-0.4, -0.2) is 41.4 Å². The Hall–Kier alpha value is -0.760. The van der Waals surface area contributed by atoms with Crippen LogP contribution in [-0.2, 0) is 11.3 Å². The lowest BCUT2D eigenvalue weighted by Crippen LogP contribution is -2.31. The Balaban J connectivity index is 1.89. The van der Waals surface area contributed by atoms with Gasteiger partial charge in [0.15, 0.2) is 0 Å². The van der Waals surface area contributed by atoms with E-state index in [1.165, 1.54) is 11.3 Å². The summed E-state index contributed by atoms with van der Waals surface area (Å²) >= 11 is 1.48. The van der Waals surface area contributed by atoms with Gasteiger partial charge in [0.1, 0.15) is 5.01 Å². The van der Waals surface area contributed by atoms with Crippen LogP contribution in [0, 0.1) is 0 Å². The van der Waals surface area contributed by atoms with Gasteiger partial charge in [0, 0.05) is 12.6 Å². The number of hydrazine groups is 1. The molecule has 1 aromatic rings.